The number of rotatable bonds is 6. The van der Waals surface area contributed by atoms with Crippen LogP contribution in [0, 0.1) is 17.3 Å². The van der Waals surface area contributed by atoms with Gasteiger partial charge in [0.1, 0.15) is 5.75 Å². The highest BCUT2D eigenvalue weighted by Crippen LogP contribution is 2.75. The number of carbonyl (C=O) groups excluding carboxylic acids is 1. The van der Waals surface area contributed by atoms with Gasteiger partial charge in [0.2, 0.25) is 8.32 Å². The van der Waals surface area contributed by atoms with E-state index in [9.17, 15) is 9.90 Å². The van der Waals surface area contributed by atoms with Crippen LogP contribution < -0.4 is 4.43 Å². The normalized spacial score (nSPS) is 33.9. The quantitative estimate of drug-likeness (QED) is 0.415. The average molecular weight is 573 g/mol. The van der Waals surface area contributed by atoms with Crippen molar-refractivity contribution in [3.63, 3.8) is 0 Å². The first-order valence-electron chi connectivity index (χ1n) is 16.1. The fourth-order valence-electron chi connectivity index (χ4n) is 10.1. The third-order valence-corrected chi connectivity index (χ3v) is 17.0. The Hall–Kier alpha value is -2.15. The molecule has 3 aliphatic carbocycles. The topological polar surface area (TPSA) is 53.0 Å². The smallest absolute Gasteiger partial charge is 0.254 e. The van der Waals surface area contributed by atoms with Crippen LogP contribution in [0.4, 0.5) is 0 Å². The highest BCUT2D eigenvalue weighted by atomic mass is 28.4. The number of aliphatic hydroxyl groups is 1. The number of hydrogen-bond acceptors (Lipinski definition) is 4. The van der Waals surface area contributed by atoms with Crippen LogP contribution >= 0.6 is 0 Å². The maximum absolute atomic E-state index is 13.9. The first-order valence-corrected chi connectivity index (χ1v) is 19.0. The monoisotopic (exact) mass is 572 g/mol. The second-order valence-corrected chi connectivity index (χ2v) is 20.0. The number of carbonyl (C=O) groups is 1. The van der Waals surface area contributed by atoms with Crippen molar-refractivity contribution in [3.8, 4) is 5.75 Å². The molecule has 6 heteroatoms. The summed E-state index contributed by atoms with van der Waals surface area (Å²) < 4.78 is 6.93. The molecule has 1 amide bonds. The van der Waals surface area contributed by atoms with Crippen molar-refractivity contribution in [2.75, 3.05) is 26.2 Å². The van der Waals surface area contributed by atoms with Gasteiger partial charge in [-0.1, -0.05) is 45.0 Å². The second kappa shape index (κ2) is 9.42. The molecule has 2 saturated carbocycles. The van der Waals surface area contributed by atoms with E-state index in [1.807, 2.05) is 30.3 Å². The van der Waals surface area contributed by atoms with Crippen molar-refractivity contribution < 1.29 is 14.3 Å². The summed E-state index contributed by atoms with van der Waals surface area (Å²) in [6, 6.07) is 17.9. The van der Waals surface area contributed by atoms with Crippen LogP contribution in [0.2, 0.25) is 18.1 Å². The number of likely N-dealkylation sites (tertiary alicyclic amines) is 2. The summed E-state index contributed by atoms with van der Waals surface area (Å²) in [6.45, 7) is 14.9. The number of piperidine rings is 1. The summed E-state index contributed by atoms with van der Waals surface area (Å²) >= 11 is 0. The third-order valence-electron chi connectivity index (χ3n) is 12.6. The molecular weight excluding hydrogens is 524 g/mol. The number of benzene rings is 2. The van der Waals surface area contributed by atoms with Crippen molar-refractivity contribution >= 4 is 14.2 Å². The summed E-state index contributed by atoms with van der Waals surface area (Å²) in [6.07, 6.45) is 6.62. The van der Waals surface area contributed by atoms with Crippen LogP contribution in [-0.2, 0) is 11.8 Å². The van der Waals surface area contributed by atoms with Crippen molar-refractivity contribution in [1.29, 1.82) is 0 Å². The molecule has 4 fully saturated rings. The lowest BCUT2D eigenvalue weighted by Gasteiger charge is -2.66. The molecule has 2 aromatic rings. The molecule has 2 heterocycles. The molecular formula is C35H48N2O3Si. The molecule has 0 unspecified atom stereocenters. The minimum absolute atomic E-state index is 0.0903. The minimum Gasteiger partial charge on any atom is -0.543 e. The van der Waals surface area contributed by atoms with E-state index in [1.54, 1.807) is 5.56 Å². The molecule has 6 atom stereocenters. The van der Waals surface area contributed by atoms with E-state index in [1.165, 1.54) is 18.4 Å². The summed E-state index contributed by atoms with van der Waals surface area (Å²) in [5.74, 6) is 2.33. The Morgan fingerprint density at radius 1 is 1.12 bits per heavy atom. The van der Waals surface area contributed by atoms with Crippen molar-refractivity contribution in [3.05, 3.63) is 65.2 Å². The zero-order valence-corrected chi connectivity index (χ0v) is 26.7. The molecule has 41 heavy (non-hydrogen) atoms. The van der Waals surface area contributed by atoms with Gasteiger partial charge >= 0.3 is 0 Å². The molecule has 2 aromatic carbocycles. The van der Waals surface area contributed by atoms with Crippen LogP contribution in [0.5, 0.6) is 5.75 Å². The largest absolute Gasteiger partial charge is 0.543 e. The molecule has 4 bridgehead atoms. The second-order valence-electron chi connectivity index (χ2n) is 15.3. The zero-order valence-electron chi connectivity index (χ0n) is 25.7. The van der Waals surface area contributed by atoms with Gasteiger partial charge in [-0.25, -0.2) is 0 Å². The lowest BCUT2D eigenvalue weighted by atomic mass is 9.43. The van der Waals surface area contributed by atoms with E-state index in [0.717, 1.165) is 56.6 Å². The summed E-state index contributed by atoms with van der Waals surface area (Å²) in [4.78, 5) is 18.9. The van der Waals surface area contributed by atoms with Crippen molar-refractivity contribution in [2.45, 2.75) is 94.9 Å². The first-order chi connectivity index (χ1) is 19.5. The van der Waals surface area contributed by atoms with Crippen LogP contribution in [0.1, 0.15) is 74.4 Å². The molecule has 220 valence electrons. The van der Waals surface area contributed by atoms with E-state index >= 15 is 0 Å². The van der Waals surface area contributed by atoms with Gasteiger partial charge in [-0.15, -0.1) is 0 Å². The van der Waals surface area contributed by atoms with Gasteiger partial charge < -0.3 is 14.4 Å². The Balaban J connectivity index is 1.33. The zero-order chi connectivity index (χ0) is 28.8. The minimum atomic E-state index is -1.98. The van der Waals surface area contributed by atoms with E-state index in [-0.39, 0.29) is 28.4 Å². The molecule has 7 rings (SSSR count). The maximum Gasteiger partial charge on any atom is 0.254 e. The van der Waals surface area contributed by atoms with Crippen LogP contribution in [0.25, 0.3) is 0 Å². The molecule has 0 aromatic heterocycles. The fraction of sp³-hybridized carbons (Fsp3) is 0.629. The van der Waals surface area contributed by atoms with Gasteiger partial charge in [0.15, 0.2) is 0 Å². The van der Waals surface area contributed by atoms with Gasteiger partial charge in [0.25, 0.3) is 5.91 Å². The SMILES string of the molecule is CC(C)(C)[Si](C)(C)Oc1ccc2c(c1)[C@]13CCN(CCCO)[C@H](C2)[C@]12CC[C@@H]1[C@H]3[C@@H](CN1C(=O)c1ccccc1)C2. The predicted octanol–water partition coefficient (Wildman–Crippen LogP) is 6.26. The summed E-state index contributed by atoms with van der Waals surface area (Å²) in [5, 5.41) is 9.85. The molecule has 0 spiro atoms. The Morgan fingerprint density at radius 2 is 1.90 bits per heavy atom. The number of hydrogen-bond donors (Lipinski definition) is 1. The van der Waals surface area contributed by atoms with E-state index < -0.39 is 8.32 Å². The summed E-state index contributed by atoms with van der Waals surface area (Å²) in [7, 11) is -1.98. The number of amides is 1. The molecule has 0 radical (unpaired) electrons. The van der Waals surface area contributed by atoms with Gasteiger partial charge in [-0.3, -0.25) is 9.69 Å². The van der Waals surface area contributed by atoms with Crippen LogP contribution in [0.3, 0.4) is 0 Å². The van der Waals surface area contributed by atoms with Crippen molar-refractivity contribution in [1.82, 2.24) is 9.80 Å². The molecule has 5 nitrogen and oxygen atoms in total. The number of aliphatic hydroxyl groups excluding tert-OH is 1. The predicted molar refractivity (Wildman–Crippen MR) is 166 cm³/mol. The van der Waals surface area contributed by atoms with Gasteiger partial charge in [-0.2, -0.15) is 0 Å². The Morgan fingerprint density at radius 3 is 2.63 bits per heavy atom. The average Bonchev–Trinajstić information content (AvgIpc) is 3.38. The summed E-state index contributed by atoms with van der Waals surface area (Å²) in [5.41, 5.74) is 4.21. The maximum atomic E-state index is 13.9. The highest BCUT2D eigenvalue weighted by molar-refractivity contribution is 6.74. The van der Waals surface area contributed by atoms with E-state index in [4.69, 9.17) is 4.43 Å². The van der Waals surface area contributed by atoms with Crippen molar-refractivity contribution in [2.24, 2.45) is 17.3 Å². The first kappa shape index (κ1) is 27.7. The van der Waals surface area contributed by atoms with Gasteiger partial charge in [0, 0.05) is 42.8 Å². The fourth-order valence-corrected chi connectivity index (χ4v) is 11.1. The van der Waals surface area contributed by atoms with Gasteiger partial charge in [0.05, 0.1) is 0 Å². The molecule has 2 saturated heterocycles. The third kappa shape index (κ3) is 3.82. The van der Waals surface area contributed by atoms with Gasteiger partial charge in [-0.05, 0) is 116 Å². The van der Waals surface area contributed by atoms with Crippen LogP contribution in [-0.4, -0.2) is 67.5 Å². The van der Waals surface area contributed by atoms with E-state index in [0.29, 0.717) is 23.9 Å². The number of nitrogens with zero attached hydrogens (tertiary/aromatic N) is 2. The Labute approximate surface area is 247 Å². The highest BCUT2D eigenvalue weighted by Gasteiger charge is 2.76. The molecule has 5 aliphatic rings. The van der Waals surface area contributed by atoms with Crippen LogP contribution in [0.15, 0.2) is 48.5 Å². The lowest BCUT2D eigenvalue weighted by molar-refractivity contribution is -0.101. The number of fused-ring (bicyclic) bond motifs is 1. The Kier molecular flexibility index (Phi) is 6.36. The van der Waals surface area contributed by atoms with E-state index in [2.05, 4.69) is 61.9 Å². The lowest BCUT2D eigenvalue weighted by Crippen LogP contribution is -2.69. The standard InChI is InChI=1S/C35H48N2O3Si/c1-33(2,3)41(4,5)40-27-13-12-25-20-30-34-15-14-29-31(35(34,28(25)21-27)16-18-36(30)17-9-19-38)26(22-34)23-37(29)32(39)24-10-7-6-8-11-24/h6-8,10-13,21,26,29-31,38H,9,14-20,22-23H2,1-5H3/t26-,29-,30-,31-,34-,35+/m1/s1. The molecule has 1 N–H and O–H groups in total. The Bertz CT molecular complexity index is 1340. The molecule has 2 aliphatic heterocycles.